The standard InChI is InChI=1S/C30H36N4O3/c1-21(37-4)8-14-26(35)15-9-23-18-27-30(32-19-23)29(28(36)20-33-16-6-5-7-17-33)22(2)34(27)25-12-10-24(31-3)11-13-25/h10-13,18-19,21H,5-9,14-17,20H2,1-2,4H3. The molecule has 0 N–H and O–H groups in total. The minimum atomic E-state index is 0.0725. The molecule has 1 saturated heterocycles. The van der Waals surface area contributed by atoms with Crippen molar-refractivity contribution >= 4 is 28.3 Å². The summed E-state index contributed by atoms with van der Waals surface area (Å²) in [6, 6.07) is 9.46. The summed E-state index contributed by atoms with van der Waals surface area (Å²) in [6.07, 6.45) is 7.63. The summed E-state index contributed by atoms with van der Waals surface area (Å²) in [5.41, 5.74) is 5.47. The molecule has 1 fully saturated rings. The first-order chi connectivity index (χ1) is 17.9. The first kappa shape index (κ1) is 26.7. The lowest BCUT2D eigenvalue weighted by Gasteiger charge is -2.25. The fourth-order valence-electron chi connectivity index (χ4n) is 5.09. The maximum atomic E-state index is 13.6. The molecule has 37 heavy (non-hydrogen) atoms. The molecular formula is C30H36N4O3. The number of Topliss-reactive ketones (excluding diaryl/α,β-unsaturated/α-hetero) is 2. The molecule has 1 aromatic carbocycles. The quantitative estimate of drug-likeness (QED) is 0.243. The van der Waals surface area contributed by atoms with Crippen molar-refractivity contribution in [2.75, 3.05) is 26.7 Å². The number of hydrogen-bond donors (Lipinski definition) is 0. The molecule has 0 bridgehead atoms. The number of hydrogen-bond acceptors (Lipinski definition) is 5. The number of nitrogens with zero attached hydrogens (tertiary/aromatic N) is 4. The molecule has 0 radical (unpaired) electrons. The molecule has 7 heteroatoms. The zero-order valence-electron chi connectivity index (χ0n) is 22.1. The predicted octanol–water partition coefficient (Wildman–Crippen LogP) is 5.87. The second kappa shape index (κ2) is 12.3. The van der Waals surface area contributed by atoms with Crippen LogP contribution in [0.15, 0.2) is 36.5 Å². The summed E-state index contributed by atoms with van der Waals surface area (Å²) in [4.78, 5) is 36.5. The Hall–Kier alpha value is -3.34. The van der Waals surface area contributed by atoms with Gasteiger partial charge in [-0.3, -0.25) is 19.5 Å². The second-order valence-electron chi connectivity index (χ2n) is 10.0. The molecule has 1 atom stereocenters. The monoisotopic (exact) mass is 500 g/mol. The van der Waals surface area contributed by atoms with Crippen LogP contribution in [-0.2, 0) is 16.0 Å². The van der Waals surface area contributed by atoms with Gasteiger partial charge in [-0.25, -0.2) is 4.85 Å². The number of ketones is 2. The fraction of sp³-hybridized carbons (Fsp3) is 0.467. The van der Waals surface area contributed by atoms with Gasteiger partial charge in [0.1, 0.15) is 5.78 Å². The van der Waals surface area contributed by atoms with Gasteiger partial charge in [0.2, 0.25) is 0 Å². The molecule has 1 aliphatic heterocycles. The molecule has 4 rings (SSSR count). The summed E-state index contributed by atoms with van der Waals surface area (Å²) in [5.74, 6) is 0.298. The van der Waals surface area contributed by atoms with Crippen molar-refractivity contribution in [3.63, 3.8) is 0 Å². The average molecular weight is 501 g/mol. The lowest BCUT2D eigenvalue weighted by atomic mass is 10.0. The molecule has 0 aliphatic carbocycles. The van der Waals surface area contributed by atoms with Crippen molar-refractivity contribution in [2.45, 2.75) is 64.9 Å². The Labute approximate surface area is 219 Å². The second-order valence-corrected chi connectivity index (χ2v) is 10.0. The number of pyridine rings is 1. The number of methoxy groups -OCH3 is 1. The van der Waals surface area contributed by atoms with Crippen LogP contribution >= 0.6 is 0 Å². The lowest BCUT2D eigenvalue weighted by molar-refractivity contribution is -0.119. The van der Waals surface area contributed by atoms with Crippen molar-refractivity contribution in [1.29, 1.82) is 0 Å². The Morgan fingerprint density at radius 2 is 1.86 bits per heavy atom. The molecular weight excluding hydrogens is 464 g/mol. The summed E-state index contributed by atoms with van der Waals surface area (Å²) >= 11 is 0. The zero-order valence-corrected chi connectivity index (χ0v) is 22.1. The number of aromatic nitrogens is 2. The number of rotatable bonds is 11. The van der Waals surface area contributed by atoms with Gasteiger partial charge in [0, 0.05) is 37.5 Å². The van der Waals surface area contributed by atoms with Crippen LogP contribution in [0, 0.1) is 13.5 Å². The van der Waals surface area contributed by atoms with Gasteiger partial charge in [-0.15, -0.1) is 0 Å². The van der Waals surface area contributed by atoms with Crippen LogP contribution in [0.25, 0.3) is 21.6 Å². The van der Waals surface area contributed by atoms with E-state index >= 15 is 0 Å². The maximum absolute atomic E-state index is 13.6. The Morgan fingerprint density at radius 3 is 2.54 bits per heavy atom. The first-order valence-electron chi connectivity index (χ1n) is 13.2. The zero-order chi connectivity index (χ0) is 26.4. The van der Waals surface area contributed by atoms with Crippen molar-refractivity contribution in [2.24, 2.45) is 0 Å². The van der Waals surface area contributed by atoms with Crippen molar-refractivity contribution in [1.82, 2.24) is 14.5 Å². The maximum Gasteiger partial charge on any atom is 0.187 e. The smallest absolute Gasteiger partial charge is 0.187 e. The molecule has 0 spiro atoms. The number of carbonyl (C=O) groups excluding carboxylic acids is 2. The fourth-order valence-corrected chi connectivity index (χ4v) is 5.09. The van der Waals surface area contributed by atoms with Gasteiger partial charge < -0.3 is 9.30 Å². The number of piperidine rings is 1. The number of benzene rings is 1. The number of likely N-dealkylation sites (tertiary alicyclic amines) is 1. The van der Waals surface area contributed by atoms with Gasteiger partial charge in [-0.2, -0.15) is 0 Å². The highest BCUT2D eigenvalue weighted by atomic mass is 16.5. The van der Waals surface area contributed by atoms with E-state index in [0.29, 0.717) is 42.6 Å². The Kier molecular flexibility index (Phi) is 8.86. The van der Waals surface area contributed by atoms with Crippen LogP contribution < -0.4 is 0 Å². The van der Waals surface area contributed by atoms with E-state index in [-0.39, 0.29) is 17.7 Å². The van der Waals surface area contributed by atoms with E-state index in [2.05, 4.69) is 20.4 Å². The SMILES string of the molecule is [C-]#[N+]c1ccc(-n2c(C)c(C(=O)CN3CCCCC3)c3ncc(CCC(=O)CCC(C)OC)cc32)cc1. The predicted molar refractivity (Wildman–Crippen MR) is 146 cm³/mol. The van der Waals surface area contributed by atoms with Crippen LogP contribution in [-0.4, -0.2) is 58.9 Å². The number of carbonyl (C=O) groups is 2. The van der Waals surface area contributed by atoms with E-state index in [0.717, 1.165) is 54.8 Å². The largest absolute Gasteiger partial charge is 0.382 e. The van der Waals surface area contributed by atoms with Gasteiger partial charge in [0.05, 0.1) is 35.8 Å². The molecule has 2 aromatic heterocycles. The van der Waals surface area contributed by atoms with Gasteiger partial charge >= 0.3 is 0 Å². The Balaban J connectivity index is 1.66. The van der Waals surface area contributed by atoms with Crippen LogP contribution in [0.3, 0.4) is 0 Å². The van der Waals surface area contributed by atoms with Gasteiger partial charge in [0.15, 0.2) is 11.5 Å². The molecule has 3 heterocycles. The number of fused-ring (bicyclic) bond motifs is 1. The molecule has 194 valence electrons. The summed E-state index contributed by atoms with van der Waals surface area (Å²) in [7, 11) is 1.66. The normalized spacial score (nSPS) is 15.0. The summed E-state index contributed by atoms with van der Waals surface area (Å²) in [6.45, 7) is 13.5. The van der Waals surface area contributed by atoms with E-state index in [1.54, 1.807) is 25.4 Å². The molecule has 1 aliphatic rings. The minimum absolute atomic E-state index is 0.0725. The Morgan fingerprint density at radius 1 is 1.14 bits per heavy atom. The van der Waals surface area contributed by atoms with Crippen LogP contribution in [0.5, 0.6) is 0 Å². The van der Waals surface area contributed by atoms with Crippen LogP contribution in [0.2, 0.25) is 0 Å². The third kappa shape index (κ3) is 6.33. The molecule has 7 nitrogen and oxygen atoms in total. The average Bonchev–Trinajstić information content (AvgIpc) is 3.22. The first-order valence-corrected chi connectivity index (χ1v) is 13.2. The van der Waals surface area contributed by atoms with Crippen molar-refractivity contribution in [3.05, 3.63) is 64.8 Å². The van der Waals surface area contributed by atoms with E-state index in [1.165, 1.54) is 6.42 Å². The van der Waals surface area contributed by atoms with Crippen molar-refractivity contribution < 1.29 is 14.3 Å². The number of aryl methyl sites for hydroxylation is 1. The minimum Gasteiger partial charge on any atom is -0.382 e. The highest BCUT2D eigenvalue weighted by Gasteiger charge is 2.24. The van der Waals surface area contributed by atoms with E-state index in [1.807, 2.05) is 26.0 Å². The van der Waals surface area contributed by atoms with Crippen LogP contribution in [0.4, 0.5) is 5.69 Å². The molecule has 3 aromatic rings. The van der Waals surface area contributed by atoms with Gasteiger partial charge in [-0.05, 0) is 76.4 Å². The third-order valence-corrected chi connectivity index (χ3v) is 7.36. The number of ether oxygens (including phenoxy) is 1. The summed E-state index contributed by atoms with van der Waals surface area (Å²) in [5, 5.41) is 0. The van der Waals surface area contributed by atoms with E-state index in [4.69, 9.17) is 16.3 Å². The summed E-state index contributed by atoms with van der Waals surface area (Å²) < 4.78 is 7.31. The highest BCUT2D eigenvalue weighted by molar-refractivity contribution is 6.09. The van der Waals surface area contributed by atoms with E-state index < -0.39 is 0 Å². The van der Waals surface area contributed by atoms with Gasteiger partial charge in [0.25, 0.3) is 0 Å². The highest BCUT2D eigenvalue weighted by Crippen LogP contribution is 2.30. The molecule has 0 saturated carbocycles. The van der Waals surface area contributed by atoms with Crippen LogP contribution in [0.1, 0.15) is 67.1 Å². The third-order valence-electron chi connectivity index (χ3n) is 7.36. The van der Waals surface area contributed by atoms with E-state index in [9.17, 15) is 9.59 Å². The molecule has 1 unspecified atom stereocenters. The Bertz CT molecular complexity index is 1300. The molecule has 0 amide bonds. The van der Waals surface area contributed by atoms with Crippen molar-refractivity contribution in [3.8, 4) is 5.69 Å². The van der Waals surface area contributed by atoms with Gasteiger partial charge in [-0.1, -0.05) is 18.6 Å². The lowest BCUT2D eigenvalue weighted by Crippen LogP contribution is -2.34. The topological polar surface area (TPSA) is 68.8 Å².